The molecule has 0 N–H and O–H groups in total. The molecule has 7 heteroatoms. The highest BCUT2D eigenvalue weighted by molar-refractivity contribution is 7.09. The first-order chi connectivity index (χ1) is 9.60. The molecule has 0 unspecified atom stereocenters. The SMILES string of the molecule is CC(=O)N1CCCN(C(=O)Cc2nc(CCl)cs2)CC1. The van der Waals surface area contributed by atoms with Crippen LogP contribution in [0.4, 0.5) is 0 Å². The molecule has 0 radical (unpaired) electrons. The maximum atomic E-state index is 12.3. The molecule has 0 bridgehead atoms. The lowest BCUT2D eigenvalue weighted by molar-refractivity contribution is -0.132. The van der Waals surface area contributed by atoms with Gasteiger partial charge in [-0.1, -0.05) is 0 Å². The lowest BCUT2D eigenvalue weighted by Crippen LogP contribution is -2.37. The summed E-state index contributed by atoms with van der Waals surface area (Å²) in [6.45, 7) is 4.22. The molecule has 0 aromatic carbocycles. The molecule has 1 aromatic rings. The summed E-state index contributed by atoms with van der Waals surface area (Å²) in [5.41, 5.74) is 0.818. The fraction of sp³-hybridized carbons (Fsp3) is 0.615. The summed E-state index contributed by atoms with van der Waals surface area (Å²) in [4.78, 5) is 31.5. The first-order valence-electron chi connectivity index (χ1n) is 6.62. The third-order valence-electron chi connectivity index (χ3n) is 3.33. The number of aromatic nitrogens is 1. The van der Waals surface area contributed by atoms with Gasteiger partial charge in [-0.25, -0.2) is 4.98 Å². The fourth-order valence-electron chi connectivity index (χ4n) is 2.21. The van der Waals surface area contributed by atoms with E-state index in [0.29, 0.717) is 31.9 Å². The number of carbonyl (C=O) groups is 2. The van der Waals surface area contributed by atoms with Crippen molar-refractivity contribution in [1.82, 2.24) is 14.8 Å². The first kappa shape index (κ1) is 15.3. The minimum Gasteiger partial charge on any atom is -0.341 e. The van der Waals surface area contributed by atoms with Gasteiger partial charge in [0.25, 0.3) is 0 Å². The Morgan fingerprint density at radius 2 is 2.00 bits per heavy atom. The van der Waals surface area contributed by atoms with Crippen LogP contribution in [0.25, 0.3) is 0 Å². The van der Waals surface area contributed by atoms with Gasteiger partial charge in [-0.05, 0) is 6.42 Å². The van der Waals surface area contributed by atoms with Crippen LogP contribution >= 0.6 is 22.9 Å². The molecule has 1 aromatic heterocycles. The minimum atomic E-state index is 0.0749. The second-order valence-corrected chi connectivity index (χ2v) is 5.99. The molecule has 5 nitrogen and oxygen atoms in total. The molecule has 0 atom stereocenters. The van der Waals surface area contributed by atoms with E-state index < -0.39 is 0 Å². The number of halogens is 1. The molecule has 1 saturated heterocycles. The van der Waals surface area contributed by atoms with Gasteiger partial charge < -0.3 is 9.80 Å². The Labute approximate surface area is 127 Å². The van der Waals surface area contributed by atoms with Crippen LogP contribution in [0.15, 0.2) is 5.38 Å². The molecule has 1 aliphatic heterocycles. The maximum absolute atomic E-state index is 12.3. The molecule has 2 rings (SSSR count). The number of alkyl halides is 1. The van der Waals surface area contributed by atoms with Crippen molar-refractivity contribution in [3.63, 3.8) is 0 Å². The van der Waals surface area contributed by atoms with E-state index in [2.05, 4.69) is 4.98 Å². The van der Waals surface area contributed by atoms with Crippen molar-refractivity contribution in [2.45, 2.75) is 25.6 Å². The second-order valence-electron chi connectivity index (χ2n) is 4.78. The largest absolute Gasteiger partial charge is 0.341 e. The van der Waals surface area contributed by atoms with E-state index in [9.17, 15) is 9.59 Å². The molecule has 2 heterocycles. The van der Waals surface area contributed by atoms with E-state index in [1.165, 1.54) is 11.3 Å². The number of hydrogen-bond donors (Lipinski definition) is 0. The van der Waals surface area contributed by atoms with E-state index in [1.54, 1.807) is 11.8 Å². The molecule has 0 spiro atoms. The number of thiazole rings is 1. The van der Waals surface area contributed by atoms with E-state index in [-0.39, 0.29) is 11.8 Å². The lowest BCUT2D eigenvalue weighted by Gasteiger charge is -2.21. The van der Waals surface area contributed by atoms with Gasteiger partial charge in [0, 0.05) is 38.5 Å². The number of hydrogen-bond acceptors (Lipinski definition) is 4. The smallest absolute Gasteiger partial charge is 0.229 e. The minimum absolute atomic E-state index is 0.0749. The normalized spacial score (nSPS) is 16.1. The molecule has 0 aliphatic carbocycles. The summed E-state index contributed by atoms with van der Waals surface area (Å²) in [6.07, 6.45) is 1.15. The Bertz CT molecular complexity index is 492. The van der Waals surface area contributed by atoms with Crippen LogP contribution in [0, 0.1) is 0 Å². The Balaban J connectivity index is 1.90. The molecular formula is C13H18ClN3O2S. The van der Waals surface area contributed by atoms with Crippen molar-refractivity contribution >= 4 is 34.8 Å². The van der Waals surface area contributed by atoms with Crippen molar-refractivity contribution in [2.24, 2.45) is 0 Å². The topological polar surface area (TPSA) is 53.5 Å². The summed E-state index contributed by atoms with van der Waals surface area (Å²) >= 11 is 7.17. The van der Waals surface area contributed by atoms with Gasteiger partial charge in [0.1, 0.15) is 5.01 Å². The molecule has 0 saturated carbocycles. The van der Waals surface area contributed by atoms with Crippen LogP contribution in [-0.4, -0.2) is 52.8 Å². The third kappa shape index (κ3) is 3.93. The standard InChI is InChI=1S/C13H18ClN3O2S/c1-10(18)16-3-2-4-17(6-5-16)13(19)7-12-15-11(8-14)9-20-12/h9H,2-8H2,1H3. The second kappa shape index (κ2) is 7.04. The predicted molar refractivity (Wildman–Crippen MR) is 78.8 cm³/mol. The first-order valence-corrected chi connectivity index (χ1v) is 8.04. The number of nitrogens with zero attached hydrogens (tertiary/aromatic N) is 3. The van der Waals surface area contributed by atoms with Gasteiger partial charge in [0.2, 0.25) is 11.8 Å². The van der Waals surface area contributed by atoms with Gasteiger partial charge >= 0.3 is 0 Å². The van der Waals surface area contributed by atoms with Crippen molar-refractivity contribution in [1.29, 1.82) is 0 Å². The zero-order chi connectivity index (χ0) is 14.5. The zero-order valence-corrected chi connectivity index (χ0v) is 13.0. The summed E-state index contributed by atoms with van der Waals surface area (Å²) in [7, 11) is 0. The van der Waals surface area contributed by atoms with Crippen LogP contribution in [0.5, 0.6) is 0 Å². The molecule has 20 heavy (non-hydrogen) atoms. The van der Waals surface area contributed by atoms with Crippen LogP contribution < -0.4 is 0 Å². The Morgan fingerprint density at radius 3 is 2.65 bits per heavy atom. The third-order valence-corrected chi connectivity index (χ3v) is 4.50. The van der Waals surface area contributed by atoms with Crippen LogP contribution in [-0.2, 0) is 21.9 Å². The zero-order valence-electron chi connectivity index (χ0n) is 11.5. The maximum Gasteiger partial charge on any atom is 0.229 e. The van der Waals surface area contributed by atoms with Gasteiger partial charge in [-0.3, -0.25) is 9.59 Å². The highest BCUT2D eigenvalue weighted by Crippen LogP contribution is 2.14. The van der Waals surface area contributed by atoms with Crippen molar-refractivity contribution in [3.05, 3.63) is 16.1 Å². The number of carbonyl (C=O) groups excluding carboxylic acids is 2. The van der Waals surface area contributed by atoms with Crippen LogP contribution in [0.1, 0.15) is 24.0 Å². The highest BCUT2D eigenvalue weighted by atomic mass is 35.5. The van der Waals surface area contributed by atoms with Gasteiger partial charge in [0.15, 0.2) is 0 Å². The van der Waals surface area contributed by atoms with Gasteiger partial charge in [-0.15, -0.1) is 22.9 Å². The fourth-order valence-corrected chi connectivity index (χ4v) is 3.23. The number of rotatable bonds is 3. The summed E-state index contributed by atoms with van der Waals surface area (Å²) < 4.78 is 0. The molecule has 110 valence electrons. The average molecular weight is 316 g/mol. The quantitative estimate of drug-likeness (QED) is 0.794. The predicted octanol–water partition coefficient (Wildman–Crippen LogP) is 1.51. The van der Waals surface area contributed by atoms with Crippen molar-refractivity contribution in [3.8, 4) is 0 Å². The molecular weight excluding hydrogens is 298 g/mol. The monoisotopic (exact) mass is 315 g/mol. The molecule has 1 fully saturated rings. The molecule has 2 amide bonds. The average Bonchev–Trinajstić information content (AvgIpc) is 2.72. The van der Waals surface area contributed by atoms with E-state index in [0.717, 1.165) is 23.7 Å². The van der Waals surface area contributed by atoms with Crippen LogP contribution in [0.3, 0.4) is 0 Å². The molecule has 1 aliphatic rings. The van der Waals surface area contributed by atoms with Crippen molar-refractivity contribution < 1.29 is 9.59 Å². The van der Waals surface area contributed by atoms with Gasteiger partial charge in [0.05, 0.1) is 18.0 Å². The number of amides is 2. The van der Waals surface area contributed by atoms with Crippen molar-refractivity contribution in [2.75, 3.05) is 26.2 Å². The lowest BCUT2D eigenvalue weighted by atomic mass is 10.3. The Kier molecular flexibility index (Phi) is 5.37. The highest BCUT2D eigenvalue weighted by Gasteiger charge is 2.21. The summed E-state index contributed by atoms with van der Waals surface area (Å²) in [5, 5.41) is 2.69. The summed E-state index contributed by atoms with van der Waals surface area (Å²) in [5.74, 6) is 0.527. The van der Waals surface area contributed by atoms with E-state index in [4.69, 9.17) is 11.6 Å². The Hall–Kier alpha value is -1.14. The van der Waals surface area contributed by atoms with E-state index in [1.807, 2.05) is 10.3 Å². The van der Waals surface area contributed by atoms with E-state index >= 15 is 0 Å². The van der Waals surface area contributed by atoms with Crippen LogP contribution in [0.2, 0.25) is 0 Å². The Morgan fingerprint density at radius 1 is 1.30 bits per heavy atom. The van der Waals surface area contributed by atoms with Gasteiger partial charge in [-0.2, -0.15) is 0 Å². The summed E-state index contributed by atoms with van der Waals surface area (Å²) in [6, 6.07) is 0.